The number of carbonyl (C=O) groups is 1. The van der Waals surface area contributed by atoms with Gasteiger partial charge in [0.15, 0.2) is 0 Å². The van der Waals surface area contributed by atoms with Crippen LogP contribution < -0.4 is 0 Å². The monoisotopic (exact) mass is 451 g/mol. The fourth-order valence-electron chi connectivity index (χ4n) is 5.84. The van der Waals surface area contributed by atoms with Crippen LogP contribution in [-0.2, 0) is 24.2 Å². The molecule has 0 spiro atoms. The Hall–Kier alpha value is -1.88. The zero-order valence-corrected chi connectivity index (χ0v) is 19.6. The summed E-state index contributed by atoms with van der Waals surface area (Å²) in [5.74, 6) is 0.270. The van der Waals surface area contributed by atoms with Gasteiger partial charge in [-0.1, -0.05) is 54.1 Å². The van der Waals surface area contributed by atoms with Gasteiger partial charge in [0.05, 0.1) is 0 Å². The van der Waals surface area contributed by atoms with Crippen molar-refractivity contribution in [2.75, 3.05) is 32.7 Å². The molecule has 0 N–H and O–H groups in total. The second-order valence-corrected chi connectivity index (χ2v) is 10.0. The summed E-state index contributed by atoms with van der Waals surface area (Å²) in [5.41, 5.74) is 4.14. The van der Waals surface area contributed by atoms with E-state index in [-0.39, 0.29) is 5.91 Å². The van der Waals surface area contributed by atoms with E-state index in [9.17, 15) is 4.79 Å². The summed E-state index contributed by atoms with van der Waals surface area (Å²) < 4.78 is 0. The van der Waals surface area contributed by atoms with Gasteiger partial charge in [0.1, 0.15) is 0 Å². The van der Waals surface area contributed by atoms with Crippen LogP contribution in [0, 0.1) is 0 Å². The highest BCUT2D eigenvalue weighted by atomic mass is 35.5. The summed E-state index contributed by atoms with van der Waals surface area (Å²) in [6, 6.07) is 18.0. The van der Waals surface area contributed by atoms with E-state index in [4.69, 9.17) is 11.6 Å². The van der Waals surface area contributed by atoms with Gasteiger partial charge in [-0.05, 0) is 54.9 Å². The third-order valence-corrected chi connectivity index (χ3v) is 8.17. The van der Waals surface area contributed by atoms with Crippen molar-refractivity contribution in [2.45, 2.75) is 57.2 Å². The van der Waals surface area contributed by atoms with E-state index in [1.54, 1.807) is 11.1 Å². The summed E-state index contributed by atoms with van der Waals surface area (Å²) in [7, 11) is 0. The van der Waals surface area contributed by atoms with Crippen LogP contribution in [0.25, 0.3) is 0 Å². The van der Waals surface area contributed by atoms with Gasteiger partial charge in [-0.3, -0.25) is 14.6 Å². The molecule has 170 valence electrons. The fraction of sp³-hybridized carbons (Fsp3) is 0.519. The van der Waals surface area contributed by atoms with Gasteiger partial charge in [0.2, 0.25) is 5.91 Å². The molecule has 2 fully saturated rings. The van der Waals surface area contributed by atoms with E-state index < -0.39 is 0 Å². The summed E-state index contributed by atoms with van der Waals surface area (Å²) in [5, 5.41) is 0.752. The maximum atomic E-state index is 12.8. The van der Waals surface area contributed by atoms with Crippen molar-refractivity contribution in [3.8, 4) is 0 Å². The fourth-order valence-corrected chi connectivity index (χ4v) is 6.04. The highest BCUT2D eigenvalue weighted by Gasteiger charge is 2.31. The molecule has 2 aromatic rings. The number of likely N-dealkylation sites (tertiary alicyclic amines) is 1. The van der Waals surface area contributed by atoms with Gasteiger partial charge in [-0.2, -0.15) is 0 Å². The van der Waals surface area contributed by atoms with Crippen LogP contribution in [-0.4, -0.2) is 65.4 Å². The number of rotatable bonds is 4. The standard InChI is InChI=1S/C27H34ClN3O/c28-26-8-4-3-7-23(26)20-31-14-13-24(11-12-27(31)32)29-15-17-30(18-16-29)25-10-9-21-5-1-2-6-22(21)19-25/h1-8,24-25H,9-20H2/t24-,25+/m0/s1. The molecule has 0 aromatic heterocycles. The number of hydrogen-bond donors (Lipinski definition) is 0. The topological polar surface area (TPSA) is 26.8 Å². The Kier molecular flexibility index (Phi) is 6.82. The number of piperazine rings is 1. The second-order valence-electron chi connectivity index (χ2n) is 9.63. The number of carbonyl (C=O) groups excluding carboxylic acids is 1. The summed E-state index contributed by atoms with van der Waals surface area (Å²) in [6.45, 7) is 6.01. The minimum absolute atomic E-state index is 0.270. The Morgan fingerprint density at radius 3 is 2.19 bits per heavy atom. The summed E-state index contributed by atoms with van der Waals surface area (Å²) in [4.78, 5) is 20.2. The lowest BCUT2D eigenvalue weighted by Gasteiger charge is -2.43. The lowest BCUT2D eigenvalue weighted by Crippen LogP contribution is -2.54. The molecule has 2 aliphatic heterocycles. The average molecular weight is 452 g/mol. The van der Waals surface area contributed by atoms with Crippen molar-refractivity contribution < 1.29 is 4.79 Å². The molecule has 1 aliphatic carbocycles. The Balaban J connectivity index is 1.14. The molecular formula is C27H34ClN3O. The van der Waals surface area contributed by atoms with E-state index in [0.29, 0.717) is 25.0 Å². The first-order valence-electron chi connectivity index (χ1n) is 12.2. The quantitative estimate of drug-likeness (QED) is 0.689. The van der Waals surface area contributed by atoms with Gasteiger partial charge < -0.3 is 4.90 Å². The Morgan fingerprint density at radius 2 is 1.41 bits per heavy atom. The van der Waals surface area contributed by atoms with Gasteiger partial charge in [0, 0.05) is 62.8 Å². The molecule has 2 saturated heterocycles. The first-order valence-corrected chi connectivity index (χ1v) is 12.6. The molecule has 0 unspecified atom stereocenters. The summed E-state index contributed by atoms with van der Waals surface area (Å²) in [6.07, 6.45) is 6.39. The maximum Gasteiger partial charge on any atom is 0.222 e. The lowest BCUT2D eigenvalue weighted by atomic mass is 9.87. The minimum atomic E-state index is 0.270. The number of benzene rings is 2. The zero-order valence-electron chi connectivity index (χ0n) is 18.9. The predicted octanol–water partition coefficient (Wildman–Crippen LogP) is 4.40. The van der Waals surface area contributed by atoms with Crippen LogP contribution >= 0.6 is 11.6 Å². The Bertz CT molecular complexity index is 940. The van der Waals surface area contributed by atoms with E-state index >= 15 is 0 Å². The first-order chi connectivity index (χ1) is 15.7. The molecule has 32 heavy (non-hydrogen) atoms. The third-order valence-electron chi connectivity index (χ3n) is 7.80. The number of halogens is 1. The molecule has 0 saturated carbocycles. The average Bonchev–Trinajstić information content (AvgIpc) is 3.02. The molecule has 4 nitrogen and oxygen atoms in total. The van der Waals surface area contributed by atoms with Crippen molar-refractivity contribution in [1.29, 1.82) is 0 Å². The maximum absolute atomic E-state index is 12.8. The summed E-state index contributed by atoms with van der Waals surface area (Å²) >= 11 is 6.34. The number of amides is 1. The molecule has 2 aromatic carbocycles. The molecular weight excluding hydrogens is 418 g/mol. The molecule has 0 radical (unpaired) electrons. The molecule has 3 aliphatic rings. The first kappa shape index (κ1) is 21.9. The molecule has 5 rings (SSSR count). The molecule has 0 bridgehead atoms. The van der Waals surface area contributed by atoms with E-state index in [1.807, 2.05) is 29.2 Å². The largest absolute Gasteiger partial charge is 0.338 e. The van der Waals surface area contributed by atoms with Crippen molar-refractivity contribution >= 4 is 17.5 Å². The van der Waals surface area contributed by atoms with Crippen LogP contribution in [0.3, 0.4) is 0 Å². The number of hydrogen-bond acceptors (Lipinski definition) is 3. The smallest absolute Gasteiger partial charge is 0.222 e. The van der Waals surface area contributed by atoms with Crippen LogP contribution in [0.2, 0.25) is 5.02 Å². The van der Waals surface area contributed by atoms with Crippen molar-refractivity contribution in [3.63, 3.8) is 0 Å². The number of fused-ring (bicyclic) bond motifs is 1. The van der Waals surface area contributed by atoms with Gasteiger partial charge in [-0.15, -0.1) is 0 Å². The molecule has 2 heterocycles. The predicted molar refractivity (Wildman–Crippen MR) is 130 cm³/mol. The van der Waals surface area contributed by atoms with Crippen LogP contribution in [0.5, 0.6) is 0 Å². The zero-order chi connectivity index (χ0) is 21.9. The van der Waals surface area contributed by atoms with Crippen molar-refractivity contribution in [1.82, 2.24) is 14.7 Å². The third kappa shape index (κ3) is 4.88. The van der Waals surface area contributed by atoms with Gasteiger partial charge >= 0.3 is 0 Å². The number of aryl methyl sites for hydroxylation is 1. The van der Waals surface area contributed by atoms with E-state index in [0.717, 1.165) is 56.2 Å². The van der Waals surface area contributed by atoms with Crippen molar-refractivity contribution in [2.24, 2.45) is 0 Å². The van der Waals surface area contributed by atoms with E-state index in [2.05, 4.69) is 34.1 Å². The SMILES string of the molecule is O=C1CC[C@H](N2CCN([C@@H]3CCc4ccccc4C3)CC2)CCN1Cc1ccccc1Cl. The highest BCUT2D eigenvalue weighted by Crippen LogP contribution is 2.27. The van der Waals surface area contributed by atoms with Gasteiger partial charge in [-0.25, -0.2) is 0 Å². The number of nitrogens with zero attached hydrogens (tertiary/aromatic N) is 3. The minimum Gasteiger partial charge on any atom is -0.338 e. The van der Waals surface area contributed by atoms with Crippen LogP contribution in [0.4, 0.5) is 0 Å². The van der Waals surface area contributed by atoms with Crippen LogP contribution in [0.1, 0.15) is 42.4 Å². The van der Waals surface area contributed by atoms with Gasteiger partial charge in [0.25, 0.3) is 0 Å². The van der Waals surface area contributed by atoms with Crippen LogP contribution in [0.15, 0.2) is 48.5 Å². The van der Waals surface area contributed by atoms with Crippen molar-refractivity contribution in [3.05, 3.63) is 70.2 Å². The molecule has 1 amide bonds. The Morgan fingerprint density at radius 1 is 0.750 bits per heavy atom. The second kappa shape index (κ2) is 9.94. The van der Waals surface area contributed by atoms with E-state index in [1.165, 1.54) is 19.3 Å². The highest BCUT2D eigenvalue weighted by molar-refractivity contribution is 6.31. The Labute approximate surface area is 197 Å². The normalized spacial score (nSPS) is 25.4. The lowest BCUT2D eigenvalue weighted by molar-refractivity contribution is -0.131. The molecule has 2 atom stereocenters. The molecule has 5 heteroatoms.